The smallest absolute Gasteiger partial charge is 0.153 e. The van der Waals surface area contributed by atoms with Crippen LogP contribution in [-0.4, -0.2) is 33.9 Å². The number of ether oxygens (including phenoxy) is 1. The summed E-state index contributed by atoms with van der Waals surface area (Å²) in [6.45, 7) is 3.95. The van der Waals surface area contributed by atoms with Gasteiger partial charge in [-0.25, -0.2) is 9.50 Å². The van der Waals surface area contributed by atoms with Gasteiger partial charge in [-0.3, -0.25) is 0 Å². The minimum Gasteiger partial charge on any atom is -0.381 e. The topological polar surface area (TPSA) is 51.5 Å². The van der Waals surface area contributed by atoms with Crippen molar-refractivity contribution in [2.24, 2.45) is 5.92 Å². The van der Waals surface area contributed by atoms with Gasteiger partial charge in [-0.05, 0) is 41.6 Å². The SMILES string of the molecule is CC(Nc1nccn2ncc(Br)c12)C1CCOCC1. The molecule has 1 saturated heterocycles. The van der Waals surface area contributed by atoms with Crippen LogP contribution in [0.25, 0.3) is 5.52 Å². The van der Waals surface area contributed by atoms with Gasteiger partial charge in [0.05, 0.1) is 10.7 Å². The van der Waals surface area contributed by atoms with Crippen LogP contribution in [0.5, 0.6) is 0 Å². The fourth-order valence-electron chi connectivity index (χ4n) is 2.56. The Labute approximate surface area is 120 Å². The molecule has 19 heavy (non-hydrogen) atoms. The Balaban J connectivity index is 1.82. The minimum atomic E-state index is 0.379. The van der Waals surface area contributed by atoms with Gasteiger partial charge in [-0.1, -0.05) is 0 Å². The zero-order chi connectivity index (χ0) is 13.2. The quantitative estimate of drug-likeness (QED) is 0.943. The van der Waals surface area contributed by atoms with Crippen molar-refractivity contribution in [1.29, 1.82) is 0 Å². The lowest BCUT2D eigenvalue weighted by Gasteiger charge is -2.28. The van der Waals surface area contributed by atoms with Crippen molar-refractivity contribution in [1.82, 2.24) is 14.6 Å². The molecule has 0 spiro atoms. The molecule has 5 nitrogen and oxygen atoms in total. The summed E-state index contributed by atoms with van der Waals surface area (Å²) in [6, 6.07) is 0.379. The van der Waals surface area contributed by atoms with E-state index in [1.165, 1.54) is 0 Å². The molecule has 3 heterocycles. The predicted octanol–water partition coefficient (Wildman–Crippen LogP) is 2.72. The summed E-state index contributed by atoms with van der Waals surface area (Å²) in [7, 11) is 0. The molecule has 2 aromatic heterocycles. The highest BCUT2D eigenvalue weighted by Crippen LogP contribution is 2.26. The van der Waals surface area contributed by atoms with Crippen molar-refractivity contribution < 1.29 is 4.74 Å². The molecule has 2 aromatic rings. The summed E-state index contributed by atoms with van der Waals surface area (Å²) in [5.74, 6) is 1.52. The van der Waals surface area contributed by atoms with Crippen LogP contribution < -0.4 is 5.32 Å². The number of anilines is 1. The van der Waals surface area contributed by atoms with Crippen LogP contribution in [0.15, 0.2) is 23.1 Å². The zero-order valence-corrected chi connectivity index (χ0v) is 12.4. The third-order valence-corrected chi connectivity index (χ3v) is 4.30. The first-order chi connectivity index (χ1) is 9.25. The highest BCUT2D eigenvalue weighted by Gasteiger charge is 2.21. The van der Waals surface area contributed by atoms with Crippen molar-refractivity contribution >= 4 is 27.3 Å². The second-order valence-electron chi connectivity index (χ2n) is 4.94. The second-order valence-corrected chi connectivity index (χ2v) is 5.80. The lowest BCUT2D eigenvalue weighted by Crippen LogP contribution is -2.31. The number of hydrogen-bond donors (Lipinski definition) is 1. The molecule has 1 fully saturated rings. The van der Waals surface area contributed by atoms with Crippen molar-refractivity contribution in [3.8, 4) is 0 Å². The van der Waals surface area contributed by atoms with Gasteiger partial charge in [0.2, 0.25) is 0 Å². The average molecular weight is 325 g/mol. The fraction of sp³-hybridized carbons (Fsp3) is 0.538. The highest BCUT2D eigenvalue weighted by molar-refractivity contribution is 9.10. The molecular formula is C13H17BrN4O. The molecule has 0 bridgehead atoms. The van der Waals surface area contributed by atoms with Crippen LogP contribution in [0.2, 0.25) is 0 Å². The summed E-state index contributed by atoms with van der Waals surface area (Å²) < 4.78 is 8.20. The largest absolute Gasteiger partial charge is 0.381 e. The summed E-state index contributed by atoms with van der Waals surface area (Å²) in [5.41, 5.74) is 0.987. The summed E-state index contributed by atoms with van der Waals surface area (Å²) in [4.78, 5) is 4.44. The van der Waals surface area contributed by atoms with E-state index < -0.39 is 0 Å². The van der Waals surface area contributed by atoms with Crippen LogP contribution in [0.3, 0.4) is 0 Å². The van der Waals surface area contributed by atoms with E-state index in [1.807, 2.05) is 10.7 Å². The molecule has 1 N–H and O–H groups in total. The van der Waals surface area contributed by atoms with Crippen LogP contribution in [0, 0.1) is 5.92 Å². The van der Waals surface area contributed by atoms with Gasteiger partial charge >= 0.3 is 0 Å². The molecule has 1 aliphatic heterocycles. The Bertz CT molecular complexity index is 565. The van der Waals surface area contributed by atoms with Crippen molar-refractivity contribution in [3.05, 3.63) is 23.1 Å². The number of nitrogens with one attached hydrogen (secondary N) is 1. The Morgan fingerprint density at radius 3 is 3.05 bits per heavy atom. The van der Waals surface area contributed by atoms with Gasteiger partial charge in [0.1, 0.15) is 5.52 Å². The van der Waals surface area contributed by atoms with Crippen molar-refractivity contribution in [3.63, 3.8) is 0 Å². The maximum absolute atomic E-state index is 5.41. The van der Waals surface area contributed by atoms with Crippen LogP contribution >= 0.6 is 15.9 Å². The molecule has 1 aliphatic rings. The number of aromatic nitrogens is 3. The number of hydrogen-bond acceptors (Lipinski definition) is 4. The van der Waals surface area contributed by atoms with Crippen molar-refractivity contribution in [2.45, 2.75) is 25.8 Å². The lowest BCUT2D eigenvalue weighted by atomic mass is 9.93. The normalized spacial score (nSPS) is 18.6. The first kappa shape index (κ1) is 12.9. The number of fused-ring (bicyclic) bond motifs is 1. The van der Waals surface area contributed by atoms with Gasteiger partial charge in [-0.15, -0.1) is 0 Å². The van der Waals surface area contributed by atoms with Gasteiger partial charge in [-0.2, -0.15) is 5.10 Å². The van der Waals surface area contributed by atoms with Gasteiger partial charge in [0.15, 0.2) is 5.82 Å². The van der Waals surface area contributed by atoms with E-state index in [1.54, 1.807) is 12.4 Å². The summed E-state index contributed by atoms with van der Waals surface area (Å²) in [5, 5.41) is 7.79. The molecule has 0 aliphatic carbocycles. The van der Waals surface area contributed by atoms with Gasteiger partial charge in [0.25, 0.3) is 0 Å². The number of rotatable bonds is 3. The Hall–Kier alpha value is -1.14. The molecule has 0 radical (unpaired) electrons. The van der Waals surface area contributed by atoms with E-state index >= 15 is 0 Å². The molecule has 1 unspecified atom stereocenters. The first-order valence-corrected chi connectivity index (χ1v) is 7.37. The Kier molecular flexibility index (Phi) is 3.70. The van der Waals surface area contributed by atoms with Crippen LogP contribution in [0.1, 0.15) is 19.8 Å². The molecule has 0 amide bonds. The van der Waals surface area contributed by atoms with E-state index in [0.29, 0.717) is 12.0 Å². The van der Waals surface area contributed by atoms with E-state index in [0.717, 1.165) is 41.9 Å². The van der Waals surface area contributed by atoms with Gasteiger partial charge < -0.3 is 10.1 Å². The molecule has 0 saturated carbocycles. The molecular weight excluding hydrogens is 308 g/mol. The van der Waals surface area contributed by atoms with E-state index in [2.05, 4.69) is 38.3 Å². The minimum absolute atomic E-state index is 0.379. The fourth-order valence-corrected chi connectivity index (χ4v) is 3.02. The first-order valence-electron chi connectivity index (χ1n) is 6.58. The summed E-state index contributed by atoms with van der Waals surface area (Å²) in [6.07, 6.45) is 7.63. The summed E-state index contributed by atoms with van der Waals surface area (Å²) >= 11 is 3.52. The third kappa shape index (κ3) is 2.60. The lowest BCUT2D eigenvalue weighted by molar-refractivity contribution is 0.0622. The van der Waals surface area contributed by atoms with E-state index in [9.17, 15) is 0 Å². The second kappa shape index (κ2) is 5.46. The number of nitrogens with zero attached hydrogens (tertiary/aromatic N) is 3. The van der Waals surface area contributed by atoms with Gasteiger partial charge in [0, 0.05) is 31.6 Å². The maximum atomic E-state index is 5.41. The molecule has 102 valence electrons. The maximum Gasteiger partial charge on any atom is 0.153 e. The Morgan fingerprint density at radius 2 is 2.26 bits per heavy atom. The highest BCUT2D eigenvalue weighted by atomic mass is 79.9. The van der Waals surface area contributed by atoms with E-state index in [4.69, 9.17) is 4.74 Å². The predicted molar refractivity (Wildman–Crippen MR) is 77.3 cm³/mol. The third-order valence-electron chi connectivity index (χ3n) is 3.72. The molecule has 0 aromatic carbocycles. The van der Waals surface area contributed by atoms with Crippen LogP contribution in [0.4, 0.5) is 5.82 Å². The Morgan fingerprint density at radius 1 is 1.47 bits per heavy atom. The zero-order valence-electron chi connectivity index (χ0n) is 10.8. The van der Waals surface area contributed by atoms with E-state index in [-0.39, 0.29) is 0 Å². The van der Waals surface area contributed by atoms with Crippen LogP contribution in [-0.2, 0) is 4.74 Å². The number of halogens is 1. The molecule has 3 rings (SSSR count). The van der Waals surface area contributed by atoms with Crippen molar-refractivity contribution in [2.75, 3.05) is 18.5 Å². The average Bonchev–Trinajstić information content (AvgIpc) is 2.83. The standard InChI is InChI=1S/C13H17BrN4O/c1-9(10-2-6-19-7-3-10)17-13-12-11(14)8-16-18(12)5-4-15-13/h4-5,8-10H,2-3,6-7H2,1H3,(H,15,17). The molecule has 6 heteroatoms. The molecule has 1 atom stereocenters. The monoisotopic (exact) mass is 324 g/mol.